The Morgan fingerprint density at radius 2 is 2.23 bits per heavy atom. The number of halogens is 2. The van der Waals surface area contributed by atoms with E-state index in [2.05, 4.69) is 5.32 Å². The molecule has 1 atom stereocenters. The molecule has 68 valence electrons. The van der Waals surface area contributed by atoms with Crippen LogP contribution in [0.15, 0.2) is 12.1 Å². The monoisotopic (exact) mass is 201 g/mol. The van der Waals surface area contributed by atoms with Gasteiger partial charge in [-0.25, -0.2) is 4.39 Å². The van der Waals surface area contributed by atoms with Gasteiger partial charge in [0.1, 0.15) is 5.82 Å². The maximum Gasteiger partial charge on any atom is 0.257 e. The van der Waals surface area contributed by atoms with Gasteiger partial charge in [0.05, 0.1) is 10.7 Å². The van der Waals surface area contributed by atoms with E-state index >= 15 is 0 Å². The molecule has 0 radical (unpaired) electrons. The number of amides is 1. The zero-order valence-electron chi connectivity index (χ0n) is 6.34. The Morgan fingerprint density at radius 3 is 2.92 bits per heavy atom. The van der Waals surface area contributed by atoms with Gasteiger partial charge in [-0.15, -0.1) is 0 Å². The summed E-state index contributed by atoms with van der Waals surface area (Å²) in [4.78, 5) is 11.0. The van der Waals surface area contributed by atoms with Crippen LogP contribution < -0.4 is 5.32 Å². The minimum atomic E-state index is -1.32. The van der Waals surface area contributed by atoms with Crippen LogP contribution in [0.4, 0.5) is 10.1 Å². The summed E-state index contributed by atoms with van der Waals surface area (Å²) in [6.45, 7) is 0. The lowest BCUT2D eigenvalue weighted by Crippen LogP contribution is -2.10. The first-order valence-corrected chi connectivity index (χ1v) is 3.95. The van der Waals surface area contributed by atoms with E-state index in [0.717, 1.165) is 12.1 Å². The second-order valence-electron chi connectivity index (χ2n) is 2.74. The first-order valence-electron chi connectivity index (χ1n) is 3.57. The highest BCUT2D eigenvalue weighted by Crippen LogP contribution is 2.36. The van der Waals surface area contributed by atoms with Crippen molar-refractivity contribution in [1.82, 2.24) is 0 Å². The van der Waals surface area contributed by atoms with E-state index in [9.17, 15) is 14.3 Å². The van der Waals surface area contributed by atoms with Crippen molar-refractivity contribution >= 4 is 23.2 Å². The molecular formula is C8H5ClFNO2. The average molecular weight is 202 g/mol. The molecule has 1 amide bonds. The quantitative estimate of drug-likeness (QED) is 0.668. The Bertz CT molecular complexity index is 394. The maximum atomic E-state index is 12.8. The molecule has 0 saturated carbocycles. The number of fused-ring (bicyclic) bond motifs is 1. The van der Waals surface area contributed by atoms with Gasteiger partial charge in [0.2, 0.25) is 0 Å². The standard InChI is InChI=1S/C8H5ClFNO2/c9-5-2-3(10)1-4-6(5)11-8(13)7(4)12/h1-2,7,12H,(H,11,13). The summed E-state index contributed by atoms with van der Waals surface area (Å²) in [5, 5.41) is 11.7. The molecule has 1 aliphatic rings. The lowest BCUT2D eigenvalue weighted by atomic mass is 10.1. The molecule has 0 aliphatic carbocycles. The topological polar surface area (TPSA) is 49.3 Å². The molecule has 0 bridgehead atoms. The fourth-order valence-corrected chi connectivity index (χ4v) is 1.53. The Balaban J connectivity index is 2.63. The van der Waals surface area contributed by atoms with Crippen LogP contribution in [0.5, 0.6) is 0 Å². The summed E-state index contributed by atoms with van der Waals surface area (Å²) in [5.41, 5.74) is 0.482. The highest BCUT2D eigenvalue weighted by molar-refractivity contribution is 6.34. The predicted octanol–water partition coefficient (Wildman–Crippen LogP) is 1.46. The summed E-state index contributed by atoms with van der Waals surface area (Å²) >= 11 is 5.64. The van der Waals surface area contributed by atoms with Crippen molar-refractivity contribution in [2.24, 2.45) is 0 Å². The third kappa shape index (κ3) is 1.18. The molecule has 0 fully saturated rings. The van der Waals surface area contributed by atoms with Gasteiger partial charge in [0.15, 0.2) is 6.10 Å². The van der Waals surface area contributed by atoms with Crippen molar-refractivity contribution in [3.05, 3.63) is 28.5 Å². The van der Waals surface area contributed by atoms with Gasteiger partial charge in [-0.3, -0.25) is 4.79 Å². The molecule has 13 heavy (non-hydrogen) atoms. The predicted molar refractivity (Wildman–Crippen MR) is 45.0 cm³/mol. The Morgan fingerprint density at radius 1 is 1.54 bits per heavy atom. The van der Waals surface area contributed by atoms with Crippen molar-refractivity contribution in [3.63, 3.8) is 0 Å². The first-order chi connectivity index (χ1) is 6.09. The SMILES string of the molecule is O=C1Nc2c(Cl)cc(F)cc2C1O. The Hall–Kier alpha value is -1.13. The van der Waals surface area contributed by atoms with Gasteiger partial charge < -0.3 is 10.4 Å². The molecule has 1 unspecified atom stereocenters. The van der Waals surface area contributed by atoms with Crippen molar-refractivity contribution in [1.29, 1.82) is 0 Å². The summed E-state index contributed by atoms with van der Waals surface area (Å²) < 4.78 is 12.8. The van der Waals surface area contributed by atoms with Gasteiger partial charge >= 0.3 is 0 Å². The number of rotatable bonds is 0. The van der Waals surface area contributed by atoms with Crippen molar-refractivity contribution in [2.75, 3.05) is 5.32 Å². The lowest BCUT2D eigenvalue weighted by Gasteiger charge is -2.01. The lowest BCUT2D eigenvalue weighted by molar-refractivity contribution is -0.123. The number of aliphatic hydroxyl groups is 1. The number of anilines is 1. The number of hydrogen-bond acceptors (Lipinski definition) is 2. The molecule has 0 spiro atoms. The van der Waals surface area contributed by atoms with Crippen LogP contribution in [0.25, 0.3) is 0 Å². The third-order valence-electron chi connectivity index (χ3n) is 1.88. The van der Waals surface area contributed by atoms with Gasteiger partial charge in [0.25, 0.3) is 5.91 Å². The van der Waals surface area contributed by atoms with Crippen LogP contribution in [-0.2, 0) is 4.79 Å². The summed E-state index contributed by atoms with van der Waals surface area (Å²) in [6, 6.07) is 2.17. The molecule has 2 N–H and O–H groups in total. The number of nitrogens with one attached hydrogen (secondary N) is 1. The van der Waals surface area contributed by atoms with Gasteiger partial charge in [-0.2, -0.15) is 0 Å². The highest BCUT2D eigenvalue weighted by Gasteiger charge is 2.30. The minimum Gasteiger partial charge on any atom is -0.378 e. The van der Waals surface area contributed by atoms with Crippen LogP contribution in [0.3, 0.4) is 0 Å². The fraction of sp³-hybridized carbons (Fsp3) is 0.125. The van der Waals surface area contributed by atoms with E-state index in [-0.39, 0.29) is 10.6 Å². The summed E-state index contributed by atoms with van der Waals surface area (Å²) in [5.74, 6) is -1.15. The van der Waals surface area contributed by atoms with Crippen LogP contribution in [0.1, 0.15) is 11.7 Å². The molecule has 1 aromatic rings. The molecule has 1 heterocycles. The molecule has 1 aromatic carbocycles. The van der Waals surface area contributed by atoms with Crippen molar-refractivity contribution in [2.45, 2.75) is 6.10 Å². The van der Waals surface area contributed by atoms with E-state index < -0.39 is 17.8 Å². The number of benzene rings is 1. The summed E-state index contributed by atoms with van der Waals surface area (Å²) in [7, 11) is 0. The molecule has 1 aliphatic heterocycles. The number of aliphatic hydroxyl groups excluding tert-OH is 1. The summed E-state index contributed by atoms with van der Waals surface area (Å²) in [6.07, 6.45) is -1.32. The van der Waals surface area contributed by atoms with Crippen molar-refractivity contribution in [3.8, 4) is 0 Å². The van der Waals surface area contributed by atoms with E-state index in [0.29, 0.717) is 5.69 Å². The first kappa shape index (κ1) is 8.47. The normalized spacial score (nSPS) is 19.9. The Labute approximate surface area is 78.1 Å². The number of carbonyl (C=O) groups is 1. The highest BCUT2D eigenvalue weighted by atomic mass is 35.5. The van der Waals surface area contributed by atoms with Gasteiger partial charge in [0, 0.05) is 5.56 Å². The van der Waals surface area contributed by atoms with Crippen LogP contribution in [-0.4, -0.2) is 11.0 Å². The van der Waals surface area contributed by atoms with Gasteiger partial charge in [-0.1, -0.05) is 11.6 Å². The second-order valence-corrected chi connectivity index (χ2v) is 3.15. The molecule has 0 saturated heterocycles. The smallest absolute Gasteiger partial charge is 0.257 e. The molecule has 5 heteroatoms. The molecule has 2 rings (SSSR count). The van der Waals surface area contributed by atoms with Crippen LogP contribution in [0.2, 0.25) is 5.02 Å². The third-order valence-corrected chi connectivity index (χ3v) is 2.17. The average Bonchev–Trinajstić information content (AvgIpc) is 2.32. The Kier molecular flexibility index (Phi) is 1.75. The number of hydrogen-bond donors (Lipinski definition) is 2. The zero-order chi connectivity index (χ0) is 9.59. The van der Waals surface area contributed by atoms with Gasteiger partial charge in [-0.05, 0) is 12.1 Å². The van der Waals surface area contributed by atoms with E-state index in [1.165, 1.54) is 0 Å². The van der Waals surface area contributed by atoms with E-state index in [1.54, 1.807) is 0 Å². The van der Waals surface area contributed by atoms with E-state index in [4.69, 9.17) is 11.6 Å². The largest absolute Gasteiger partial charge is 0.378 e. The van der Waals surface area contributed by atoms with E-state index in [1.807, 2.05) is 0 Å². The second kappa shape index (κ2) is 2.68. The van der Waals surface area contributed by atoms with Crippen LogP contribution in [0, 0.1) is 5.82 Å². The number of carbonyl (C=O) groups excluding carboxylic acids is 1. The molecule has 0 aromatic heterocycles. The molecular weight excluding hydrogens is 197 g/mol. The maximum absolute atomic E-state index is 12.8. The zero-order valence-corrected chi connectivity index (χ0v) is 7.10. The fourth-order valence-electron chi connectivity index (χ4n) is 1.27. The molecule has 3 nitrogen and oxygen atoms in total. The minimum absolute atomic E-state index is 0.0971. The van der Waals surface area contributed by atoms with Crippen LogP contribution >= 0.6 is 11.6 Å². The van der Waals surface area contributed by atoms with Crippen molar-refractivity contribution < 1.29 is 14.3 Å².